The number of hydrogen-bond acceptors (Lipinski definition) is 5. The van der Waals surface area contributed by atoms with Crippen LogP contribution in [0.4, 0.5) is 0 Å². The van der Waals surface area contributed by atoms with Gasteiger partial charge in [0, 0.05) is 6.08 Å². The summed E-state index contributed by atoms with van der Waals surface area (Å²) in [5, 5.41) is 3.17. The van der Waals surface area contributed by atoms with Gasteiger partial charge in [0.15, 0.2) is 18.1 Å². The average Bonchev–Trinajstić information content (AvgIpc) is 3.14. The summed E-state index contributed by atoms with van der Waals surface area (Å²) in [5.41, 5.74) is 1.63. The summed E-state index contributed by atoms with van der Waals surface area (Å²) in [6.45, 7) is 1.61. The molecule has 140 valence electrons. The number of benzene rings is 2. The zero-order chi connectivity index (χ0) is 19.2. The molecule has 1 aliphatic heterocycles. The van der Waals surface area contributed by atoms with Gasteiger partial charge in [-0.3, -0.25) is 4.79 Å². The molecule has 27 heavy (non-hydrogen) atoms. The summed E-state index contributed by atoms with van der Waals surface area (Å²) in [7, 11) is 0. The van der Waals surface area contributed by atoms with E-state index in [1.165, 1.54) is 12.2 Å². The first-order valence-corrected chi connectivity index (χ1v) is 8.69. The Kier molecular flexibility index (Phi) is 5.98. The second-order valence-corrected chi connectivity index (χ2v) is 6.28. The Morgan fingerprint density at radius 3 is 2.81 bits per heavy atom. The lowest BCUT2D eigenvalue weighted by Gasteiger charge is -2.13. The van der Waals surface area contributed by atoms with E-state index in [0.717, 1.165) is 5.56 Å². The van der Waals surface area contributed by atoms with Crippen LogP contribution in [0.5, 0.6) is 11.5 Å². The van der Waals surface area contributed by atoms with Crippen LogP contribution in [0.2, 0.25) is 5.02 Å². The third-order valence-electron chi connectivity index (χ3n) is 3.88. The highest BCUT2D eigenvalue weighted by Crippen LogP contribution is 2.40. The molecule has 7 heteroatoms. The van der Waals surface area contributed by atoms with Crippen LogP contribution in [-0.2, 0) is 14.3 Å². The monoisotopic (exact) mass is 387 g/mol. The molecule has 2 aromatic carbocycles. The zero-order valence-electron chi connectivity index (χ0n) is 14.6. The van der Waals surface area contributed by atoms with E-state index in [4.69, 9.17) is 25.8 Å². The van der Waals surface area contributed by atoms with E-state index in [1.807, 2.05) is 37.3 Å². The fourth-order valence-electron chi connectivity index (χ4n) is 2.54. The average molecular weight is 388 g/mol. The summed E-state index contributed by atoms with van der Waals surface area (Å²) in [6.07, 6.45) is 2.75. The van der Waals surface area contributed by atoms with Crippen molar-refractivity contribution >= 4 is 29.6 Å². The summed E-state index contributed by atoms with van der Waals surface area (Å²) >= 11 is 6.08. The van der Waals surface area contributed by atoms with E-state index in [-0.39, 0.29) is 25.3 Å². The second-order valence-electron chi connectivity index (χ2n) is 5.88. The maximum Gasteiger partial charge on any atom is 0.331 e. The Morgan fingerprint density at radius 2 is 2.04 bits per heavy atom. The summed E-state index contributed by atoms with van der Waals surface area (Å²) in [4.78, 5) is 23.7. The van der Waals surface area contributed by atoms with Crippen molar-refractivity contribution in [3.63, 3.8) is 0 Å². The number of nitrogens with one attached hydrogen (secondary N) is 1. The predicted octanol–water partition coefficient (Wildman–Crippen LogP) is 3.50. The third-order valence-corrected chi connectivity index (χ3v) is 4.16. The van der Waals surface area contributed by atoms with Gasteiger partial charge in [-0.2, -0.15) is 0 Å². The normalized spacial score (nSPS) is 13.4. The van der Waals surface area contributed by atoms with Gasteiger partial charge in [0.2, 0.25) is 6.79 Å². The number of halogens is 1. The minimum Gasteiger partial charge on any atom is -0.454 e. The fourth-order valence-corrected chi connectivity index (χ4v) is 2.81. The van der Waals surface area contributed by atoms with Gasteiger partial charge in [0.05, 0.1) is 11.1 Å². The second kappa shape index (κ2) is 8.60. The molecule has 0 radical (unpaired) electrons. The van der Waals surface area contributed by atoms with Gasteiger partial charge in [-0.1, -0.05) is 41.9 Å². The fraction of sp³-hybridized carbons (Fsp3) is 0.200. The van der Waals surface area contributed by atoms with Crippen molar-refractivity contribution in [3.05, 3.63) is 64.7 Å². The Hall–Kier alpha value is -2.99. The molecule has 0 unspecified atom stereocenters. The van der Waals surface area contributed by atoms with Gasteiger partial charge in [-0.25, -0.2) is 4.79 Å². The Morgan fingerprint density at radius 1 is 1.26 bits per heavy atom. The topological polar surface area (TPSA) is 73.9 Å². The highest BCUT2D eigenvalue weighted by atomic mass is 35.5. The van der Waals surface area contributed by atoms with Crippen molar-refractivity contribution < 1.29 is 23.8 Å². The minimum atomic E-state index is -0.633. The molecular weight excluding hydrogens is 370 g/mol. The van der Waals surface area contributed by atoms with Gasteiger partial charge < -0.3 is 19.5 Å². The summed E-state index contributed by atoms with van der Waals surface area (Å²) in [6, 6.07) is 12.7. The number of amides is 1. The van der Waals surface area contributed by atoms with Crippen LogP contribution in [-0.4, -0.2) is 25.3 Å². The lowest BCUT2D eigenvalue weighted by atomic mass is 10.1. The van der Waals surface area contributed by atoms with Crippen LogP contribution in [0.3, 0.4) is 0 Å². The summed E-state index contributed by atoms with van der Waals surface area (Å²) < 4.78 is 15.5. The van der Waals surface area contributed by atoms with Gasteiger partial charge in [-0.15, -0.1) is 0 Å². The molecule has 0 aliphatic carbocycles. The highest BCUT2D eigenvalue weighted by Gasteiger charge is 2.17. The number of carbonyl (C=O) groups excluding carboxylic acids is 2. The molecule has 0 saturated carbocycles. The van der Waals surface area contributed by atoms with Crippen molar-refractivity contribution in [2.45, 2.75) is 13.0 Å². The quantitative estimate of drug-likeness (QED) is 0.606. The molecule has 1 atom stereocenters. The maximum absolute atomic E-state index is 11.9. The van der Waals surface area contributed by atoms with Gasteiger partial charge >= 0.3 is 5.97 Å². The first-order chi connectivity index (χ1) is 13.0. The Labute approximate surface area is 161 Å². The molecule has 0 bridgehead atoms. The van der Waals surface area contributed by atoms with Crippen molar-refractivity contribution in [2.24, 2.45) is 0 Å². The van der Waals surface area contributed by atoms with E-state index in [9.17, 15) is 9.59 Å². The Balaban J connectivity index is 1.49. The highest BCUT2D eigenvalue weighted by molar-refractivity contribution is 6.32. The maximum atomic E-state index is 11.9. The molecule has 1 N–H and O–H groups in total. The minimum absolute atomic E-state index is 0.112. The lowest BCUT2D eigenvalue weighted by molar-refractivity contribution is -0.144. The van der Waals surface area contributed by atoms with Crippen molar-refractivity contribution in [1.82, 2.24) is 5.32 Å². The van der Waals surface area contributed by atoms with Crippen LogP contribution < -0.4 is 14.8 Å². The largest absolute Gasteiger partial charge is 0.454 e. The number of esters is 1. The first-order valence-electron chi connectivity index (χ1n) is 8.31. The molecule has 2 aromatic rings. The van der Waals surface area contributed by atoms with E-state index in [2.05, 4.69) is 5.32 Å². The van der Waals surface area contributed by atoms with E-state index < -0.39 is 5.97 Å². The number of ether oxygens (including phenoxy) is 3. The number of fused-ring (bicyclic) bond motifs is 1. The van der Waals surface area contributed by atoms with Gasteiger partial charge in [0.25, 0.3) is 5.91 Å². The van der Waals surface area contributed by atoms with E-state index in [0.29, 0.717) is 22.1 Å². The molecule has 0 spiro atoms. The number of rotatable bonds is 6. The number of carbonyl (C=O) groups is 2. The zero-order valence-corrected chi connectivity index (χ0v) is 15.4. The number of hydrogen-bond donors (Lipinski definition) is 1. The summed E-state index contributed by atoms with van der Waals surface area (Å²) in [5.74, 6) is -0.00377. The van der Waals surface area contributed by atoms with Gasteiger partial charge in [-0.05, 0) is 36.3 Å². The molecule has 6 nitrogen and oxygen atoms in total. The molecule has 0 aromatic heterocycles. The molecule has 1 heterocycles. The van der Waals surface area contributed by atoms with Crippen molar-refractivity contribution in [3.8, 4) is 11.5 Å². The smallest absolute Gasteiger partial charge is 0.331 e. The standard InChI is InChI=1S/C20H18ClNO5/c1-13(15-5-3-2-4-6-15)22-18(23)11-25-19(24)8-7-14-9-16(21)20-17(10-14)26-12-27-20/h2-10,13H,11-12H2,1H3,(H,22,23)/b8-7+/t13-/m0/s1. The molecule has 3 rings (SSSR count). The van der Waals surface area contributed by atoms with Crippen LogP contribution in [0.15, 0.2) is 48.5 Å². The van der Waals surface area contributed by atoms with Crippen LogP contribution in [0, 0.1) is 0 Å². The SMILES string of the molecule is C[C@H](NC(=O)COC(=O)/C=C/c1cc(Cl)c2c(c1)OCO2)c1ccccc1. The third kappa shape index (κ3) is 5.01. The Bertz CT molecular complexity index is 866. The van der Waals surface area contributed by atoms with Crippen LogP contribution in [0.25, 0.3) is 6.08 Å². The van der Waals surface area contributed by atoms with Crippen LogP contribution in [0.1, 0.15) is 24.1 Å². The van der Waals surface area contributed by atoms with E-state index in [1.54, 1.807) is 12.1 Å². The lowest BCUT2D eigenvalue weighted by Crippen LogP contribution is -2.30. The van der Waals surface area contributed by atoms with Crippen LogP contribution >= 0.6 is 11.6 Å². The van der Waals surface area contributed by atoms with Crippen molar-refractivity contribution in [1.29, 1.82) is 0 Å². The van der Waals surface area contributed by atoms with Gasteiger partial charge in [0.1, 0.15) is 0 Å². The molecular formula is C20H18ClNO5. The molecule has 1 amide bonds. The molecule has 0 fully saturated rings. The molecule has 0 saturated heterocycles. The predicted molar refractivity (Wildman–Crippen MR) is 101 cm³/mol. The van der Waals surface area contributed by atoms with E-state index >= 15 is 0 Å². The van der Waals surface area contributed by atoms with Crippen molar-refractivity contribution in [2.75, 3.05) is 13.4 Å². The first kappa shape index (κ1) is 18.8. The molecule has 1 aliphatic rings.